The number of ketones is 1. The molecule has 0 atom stereocenters. The molecule has 2 nitrogen and oxygen atoms in total. The third-order valence-corrected chi connectivity index (χ3v) is 2.22. The maximum absolute atomic E-state index is 11.0. The van der Waals surface area contributed by atoms with E-state index in [1.165, 1.54) is 6.92 Å². The standard InChI is InChI=1S/C9H9O2.Mo/c1-6-4-3-5-8(11)9(6)7(2)10;/h4-5,11H,1-2H3;. The van der Waals surface area contributed by atoms with Crippen molar-refractivity contribution >= 4 is 9.74 Å². The number of Topliss-reactive ketones (excluding diaryl/α,β-unsaturated/α-hetero) is 1. The molecule has 1 aromatic rings. The van der Waals surface area contributed by atoms with Gasteiger partial charge in [-0.25, -0.2) is 0 Å². The van der Waals surface area contributed by atoms with Crippen LogP contribution in [-0.2, 0) is 19.8 Å². The zero-order valence-electron chi connectivity index (χ0n) is 6.92. The van der Waals surface area contributed by atoms with Crippen LogP contribution in [0, 0.1) is 6.92 Å². The van der Waals surface area contributed by atoms with Crippen LogP contribution in [0.2, 0.25) is 0 Å². The summed E-state index contributed by atoms with van der Waals surface area (Å²) < 4.78 is 0.978. The van der Waals surface area contributed by atoms with Crippen molar-refractivity contribution in [2.75, 3.05) is 0 Å². The first-order valence-corrected chi connectivity index (χ1v) is 4.54. The van der Waals surface area contributed by atoms with Gasteiger partial charge in [-0.05, 0) is 0 Å². The van der Waals surface area contributed by atoms with Gasteiger partial charge in [0.25, 0.3) is 0 Å². The molecule has 1 N–H and O–H groups in total. The third-order valence-electron chi connectivity index (χ3n) is 1.64. The van der Waals surface area contributed by atoms with Crippen molar-refractivity contribution in [3.8, 4) is 5.75 Å². The van der Waals surface area contributed by atoms with Crippen molar-refractivity contribution in [2.24, 2.45) is 0 Å². The van der Waals surface area contributed by atoms with Crippen LogP contribution >= 0.6 is 0 Å². The van der Waals surface area contributed by atoms with Crippen LogP contribution in [0.3, 0.4) is 0 Å². The molecule has 0 spiro atoms. The van der Waals surface area contributed by atoms with Gasteiger partial charge >= 0.3 is 82.3 Å². The van der Waals surface area contributed by atoms with Crippen LogP contribution in [0.5, 0.6) is 5.75 Å². The van der Waals surface area contributed by atoms with E-state index in [1.807, 2.05) is 32.8 Å². The molecule has 1 rings (SSSR count). The number of benzene rings is 1. The minimum absolute atomic E-state index is 0.0858. The normalized spacial score (nSPS) is 9.83. The SMILES string of the molecule is CC(=O)c1c(C)c[c]([Mo])cc1O. The molecular weight excluding hydrogens is 236 g/mol. The molecule has 0 aliphatic heterocycles. The quantitative estimate of drug-likeness (QED) is 0.593. The Morgan fingerprint density at radius 2 is 2.08 bits per heavy atom. The summed E-state index contributed by atoms with van der Waals surface area (Å²) in [5, 5.41) is 9.42. The van der Waals surface area contributed by atoms with E-state index in [2.05, 4.69) is 0 Å². The molecule has 0 aliphatic carbocycles. The first kappa shape index (κ1) is 9.47. The van der Waals surface area contributed by atoms with Gasteiger partial charge in [0, 0.05) is 0 Å². The van der Waals surface area contributed by atoms with Crippen molar-refractivity contribution in [1.82, 2.24) is 0 Å². The number of phenols is 1. The number of aryl methyl sites for hydroxylation is 1. The van der Waals surface area contributed by atoms with Crippen LogP contribution in [-0.4, -0.2) is 10.9 Å². The van der Waals surface area contributed by atoms with E-state index < -0.39 is 0 Å². The zero-order valence-corrected chi connectivity index (χ0v) is 8.93. The summed E-state index contributed by atoms with van der Waals surface area (Å²) in [5.41, 5.74) is 1.27. The van der Waals surface area contributed by atoms with Crippen molar-refractivity contribution < 1.29 is 29.7 Å². The molecule has 0 fully saturated rings. The molecule has 0 aromatic heterocycles. The van der Waals surface area contributed by atoms with Gasteiger partial charge in [-0.15, -0.1) is 0 Å². The number of rotatable bonds is 1. The van der Waals surface area contributed by atoms with Crippen molar-refractivity contribution in [3.05, 3.63) is 23.3 Å². The summed E-state index contributed by atoms with van der Waals surface area (Å²) >= 11 is 1.81. The molecule has 0 aliphatic rings. The Balaban J connectivity index is 3.38. The van der Waals surface area contributed by atoms with Crippen LogP contribution in [0.25, 0.3) is 0 Å². The second-order valence-corrected chi connectivity index (χ2v) is 3.85. The third kappa shape index (κ3) is 1.75. The fraction of sp³-hybridized carbons (Fsp3) is 0.222. The molecule has 0 radical (unpaired) electrons. The van der Waals surface area contributed by atoms with Gasteiger partial charge in [0.1, 0.15) is 0 Å². The van der Waals surface area contributed by atoms with Crippen molar-refractivity contribution in [3.63, 3.8) is 0 Å². The van der Waals surface area contributed by atoms with E-state index in [1.54, 1.807) is 6.07 Å². The Kier molecular flexibility index (Phi) is 2.68. The van der Waals surface area contributed by atoms with Gasteiger partial charge in [-0.2, -0.15) is 0 Å². The Hall–Kier alpha value is -0.622. The molecule has 0 saturated carbocycles. The average Bonchev–Trinajstić information content (AvgIpc) is 1.82. The van der Waals surface area contributed by atoms with E-state index in [-0.39, 0.29) is 11.5 Å². The molecule has 3 heteroatoms. The van der Waals surface area contributed by atoms with Gasteiger partial charge < -0.3 is 0 Å². The van der Waals surface area contributed by atoms with Crippen molar-refractivity contribution in [2.45, 2.75) is 13.8 Å². The fourth-order valence-electron chi connectivity index (χ4n) is 1.19. The molecule has 0 amide bonds. The second kappa shape index (κ2) is 3.40. The fourth-order valence-corrected chi connectivity index (χ4v) is 1.90. The zero-order chi connectivity index (χ0) is 9.30. The monoisotopic (exact) mass is 247 g/mol. The van der Waals surface area contributed by atoms with Crippen molar-refractivity contribution in [1.29, 1.82) is 0 Å². The molecule has 12 heavy (non-hydrogen) atoms. The Bertz CT molecular complexity index is 308. The van der Waals surface area contributed by atoms with Gasteiger partial charge in [0.2, 0.25) is 0 Å². The van der Waals surface area contributed by atoms with Gasteiger partial charge in [0.15, 0.2) is 0 Å². The molecular formula is C9H9MoO2. The van der Waals surface area contributed by atoms with Crippen LogP contribution in [0.1, 0.15) is 22.8 Å². The molecule has 0 bridgehead atoms. The number of carbonyl (C=O) groups is 1. The predicted octanol–water partition coefficient (Wildman–Crippen LogP) is 1.08. The Labute approximate surface area is 82.5 Å². The predicted molar refractivity (Wildman–Crippen MR) is 42.5 cm³/mol. The number of phenolic OH excluding ortho intramolecular Hbond substituents is 1. The number of carbonyl (C=O) groups excluding carboxylic acids is 1. The van der Waals surface area contributed by atoms with E-state index in [4.69, 9.17) is 0 Å². The van der Waals surface area contributed by atoms with Gasteiger partial charge in [-0.3, -0.25) is 0 Å². The summed E-state index contributed by atoms with van der Waals surface area (Å²) in [7, 11) is 0. The van der Waals surface area contributed by atoms with E-state index >= 15 is 0 Å². The van der Waals surface area contributed by atoms with Crippen LogP contribution in [0.15, 0.2) is 12.1 Å². The molecule has 0 heterocycles. The number of aromatic hydroxyl groups is 1. The molecule has 0 saturated heterocycles. The first-order chi connectivity index (χ1) is 5.52. The van der Waals surface area contributed by atoms with E-state index in [0.717, 1.165) is 9.52 Å². The van der Waals surface area contributed by atoms with E-state index in [9.17, 15) is 9.90 Å². The topological polar surface area (TPSA) is 37.3 Å². The van der Waals surface area contributed by atoms with E-state index in [0.29, 0.717) is 5.56 Å². The summed E-state index contributed by atoms with van der Waals surface area (Å²) in [4.78, 5) is 11.0. The summed E-state index contributed by atoms with van der Waals surface area (Å²) in [6.45, 7) is 3.28. The number of hydrogen-bond donors (Lipinski definition) is 1. The average molecular weight is 245 g/mol. The summed E-state index contributed by atoms with van der Waals surface area (Å²) in [6, 6.07) is 3.50. The summed E-state index contributed by atoms with van der Waals surface area (Å²) in [6.07, 6.45) is 0. The Morgan fingerprint density at radius 3 is 2.50 bits per heavy atom. The van der Waals surface area contributed by atoms with Crippen LogP contribution in [0.4, 0.5) is 0 Å². The first-order valence-electron chi connectivity index (χ1n) is 3.54. The van der Waals surface area contributed by atoms with Crippen LogP contribution < -0.4 is 3.95 Å². The Morgan fingerprint density at radius 1 is 1.50 bits per heavy atom. The van der Waals surface area contributed by atoms with Gasteiger partial charge in [0.05, 0.1) is 0 Å². The van der Waals surface area contributed by atoms with Gasteiger partial charge in [-0.1, -0.05) is 0 Å². The minimum atomic E-state index is -0.0915. The summed E-state index contributed by atoms with van der Waals surface area (Å²) in [5.74, 6) is -0.00565. The molecule has 0 unspecified atom stereocenters. The molecule has 63 valence electrons. The molecule has 1 aromatic carbocycles. The maximum atomic E-state index is 11.0. The second-order valence-electron chi connectivity index (χ2n) is 2.69. The number of hydrogen-bond acceptors (Lipinski definition) is 2.